The molecule has 0 saturated heterocycles. The minimum atomic E-state index is -0.814. The van der Waals surface area contributed by atoms with Gasteiger partial charge < -0.3 is 13.9 Å². The van der Waals surface area contributed by atoms with Crippen molar-refractivity contribution in [3.05, 3.63) is 93.7 Å². The molecule has 0 aliphatic rings. The van der Waals surface area contributed by atoms with Gasteiger partial charge in [0.2, 0.25) is 5.78 Å². The van der Waals surface area contributed by atoms with Gasteiger partial charge in [-0.15, -0.1) is 0 Å². The van der Waals surface area contributed by atoms with Crippen molar-refractivity contribution in [1.29, 1.82) is 0 Å². The zero-order valence-electron chi connectivity index (χ0n) is 18.2. The zero-order chi connectivity index (χ0) is 24.0. The molecule has 34 heavy (non-hydrogen) atoms. The third-order valence-electron chi connectivity index (χ3n) is 5.73. The number of methoxy groups -OCH3 is 2. The van der Waals surface area contributed by atoms with Gasteiger partial charge in [0, 0.05) is 27.0 Å². The summed E-state index contributed by atoms with van der Waals surface area (Å²) in [5, 5.41) is 1.63. The number of halogens is 1. The third kappa shape index (κ3) is 3.26. The molecule has 3 aromatic heterocycles. The van der Waals surface area contributed by atoms with Crippen molar-refractivity contribution in [1.82, 2.24) is 9.38 Å². The average molecular weight is 517 g/mol. The van der Waals surface area contributed by atoms with E-state index in [0.29, 0.717) is 22.1 Å². The molecule has 2 aromatic carbocycles. The second-order valence-corrected chi connectivity index (χ2v) is 8.47. The van der Waals surface area contributed by atoms with E-state index in [1.807, 2.05) is 30.3 Å². The molecule has 8 heteroatoms. The van der Waals surface area contributed by atoms with Crippen LogP contribution >= 0.6 is 15.9 Å². The number of hydrogen-bond donors (Lipinski definition) is 0. The monoisotopic (exact) mass is 516 g/mol. The van der Waals surface area contributed by atoms with E-state index in [9.17, 15) is 14.4 Å². The number of rotatable bonds is 4. The first-order chi connectivity index (χ1) is 16.5. The number of fused-ring (bicyclic) bond motifs is 5. The highest BCUT2D eigenvalue weighted by molar-refractivity contribution is 9.10. The third-order valence-corrected chi connectivity index (χ3v) is 6.26. The van der Waals surface area contributed by atoms with Crippen LogP contribution in [0.25, 0.3) is 27.3 Å². The molecule has 0 unspecified atom stereocenters. The van der Waals surface area contributed by atoms with E-state index in [0.717, 1.165) is 15.2 Å². The maximum Gasteiger partial charge on any atom is 0.341 e. The van der Waals surface area contributed by atoms with Crippen molar-refractivity contribution in [2.45, 2.75) is 0 Å². The van der Waals surface area contributed by atoms with Crippen LogP contribution in [0.4, 0.5) is 0 Å². The Labute approximate surface area is 202 Å². The van der Waals surface area contributed by atoms with E-state index in [1.165, 1.54) is 14.2 Å². The fraction of sp³-hybridized carbons (Fsp3) is 0.0769. The highest BCUT2D eigenvalue weighted by Crippen LogP contribution is 2.34. The molecule has 0 aliphatic heterocycles. The van der Waals surface area contributed by atoms with Gasteiger partial charge in [-0.3, -0.25) is 9.78 Å². The van der Waals surface area contributed by atoms with Crippen LogP contribution < -0.4 is 0 Å². The van der Waals surface area contributed by atoms with Crippen molar-refractivity contribution >= 4 is 61.0 Å². The quantitative estimate of drug-likeness (QED) is 0.185. The van der Waals surface area contributed by atoms with Crippen LogP contribution in [0.15, 0.2) is 71.3 Å². The minimum Gasteiger partial charge on any atom is -0.465 e. The van der Waals surface area contributed by atoms with Crippen LogP contribution in [0.1, 0.15) is 36.8 Å². The molecule has 0 bridgehead atoms. The summed E-state index contributed by atoms with van der Waals surface area (Å²) in [4.78, 5) is 44.4. The van der Waals surface area contributed by atoms with Gasteiger partial charge in [-0.2, -0.15) is 0 Å². The van der Waals surface area contributed by atoms with Crippen molar-refractivity contribution in [3.8, 4) is 0 Å². The molecule has 0 N–H and O–H groups in total. The number of carbonyl (C=O) groups is 3. The topological polar surface area (TPSA) is 87.0 Å². The van der Waals surface area contributed by atoms with E-state index >= 15 is 0 Å². The summed E-state index contributed by atoms with van der Waals surface area (Å²) in [5.74, 6) is -2.01. The fourth-order valence-corrected chi connectivity index (χ4v) is 4.49. The van der Waals surface area contributed by atoms with Crippen LogP contribution in [0.5, 0.6) is 0 Å². The Kier molecular flexibility index (Phi) is 5.37. The Bertz CT molecular complexity index is 1640. The molecular formula is C26H17BrN2O5. The number of benzene rings is 2. The summed E-state index contributed by atoms with van der Waals surface area (Å²) in [6.45, 7) is 0. The van der Waals surface area contributed by atoms with E-state index in [1.54, 1.807) is 40.9 Å². The highest BCUT2D eigenvalue weighted by atomic mass is 79.9. The average Bonchev–Trinajstić information content (AvgIpc) is 3.22. The van der Waals surface area contributed by atoms with Crippen LogP contribution in [0, 0.1) is 0 Å². The van der Waals surface area contributed by atoms with Crippen molar-refractivity contribution in [2.24, 2.45) is 0 Å². The van der Waals surface area contributed by atoms with Crippen molar-refractivity contribution < 1.29 is 23.9 Å². The van der Waals surface area contributed by atoms with Gasteiger partial charge in [0.1, 0.15) is 16.8 Å². The largest absolute Gasteiger partial charge is 0.465 e. The van der Waals surface area contributed by atoms with Crippen LogP contribution in [0.2, 0.25) is 0 Å². The first-order valence-corrected chi connectivity index (χ1v) is 11.1. The maximum absolute atomic E-state index is 13.9. The first-order valence-electron chi connectivity index (χ1n) is 10.3. The van der Waals surface area contributed by atoms with E-state index in [4.69, 9.17) is 9.47 Å². The summed E-state index contributed by atoms with van der Waals surface area (Å²) in [6, 6.07) is 17.8. The van der Waals surface area contributed by atoms with Gasteiger partial charge in [-0.25, -0.2) is 9.59 Å². The van der Waals surface area contributed by atoms with Crippen LogP contribution in [0.3, 0.4) is 0 Å². The van der Waals surface area contributed by atoms with Gasteiger partial charge in [0.15, 0.2) is 0 Å². The number of carbonyl (C=O) groups excluding carboxylic acids is 3. The first kappa shape index (κ1) is 21.8. The normalized spacial score (nSPS) is 11.1. The Balaban J connectivity index is 2.03. The number of ether oxygens (including phenoxy) is 2. The molecule has 7 nitrogen and oxygen atoms in total. The predicted molar refractivity (Wildman–Crippen MR) is 130 cm³/mol. The minimum absolute atomic E-state index is 0.00771. The number of esters is 2. The number of ketones is 1. The molecule has 0 spiro atoms. The lowest BCUT2D eigenvalue weighted by Crippen LogP contribution is -2.15. The highest BCUT2D eigenvalue weighted by Gasteiger charge is 2.34. The number of hydrogen-bond acceptors (Lipinski definition) is 6. The second-order valence-electron chi connectivity index (χ2n) is 7.55. The lowest BCUT2D eigenvalue weighted by Gasteiger charge is -2.10. The number of aromatic nitrogens is 2. The molecule has 5 aromatic rings. The van der Waals surface area contributed by atoms with Crippen molar-refractivity contribution in [3.63, 3.8) is 0 Å². The molecule has 0 atom stereocenters. The lowest BCUT2D eigenvalue weighted by atomic mass is 10.0. The SMILES string of the molecule is COC(=O)c1c(C(=O)OC)c2ccc3ccc4cccnc4c3n2c1C(=O)c1ccc(Br)cc1. The van der Waals surface area contributed by atoms with Gasteiger partial charge in [0.25, 0.3) is 0 Å². The summed E-state index contributed by atoms with van der Waals surface area (Å²) in [5.41, 5.74) is 1.73. The Hall–Kier alpha value is -4.04. The van der Waals surface area contributed by atoms with Gasteiger partial charge in [-0.05, 0) is 36.4 Å². The molecule has 168 valence electrons. The van der Waals surface area contributed by atoms with Gasteiger partial charge in [0.05, 0.1) is 30.8 Å². The second kappa shape index (κ2) is 8.39. The fourth-order valence-electron chi connectivity index (χ4n) is 4.23. The van der Waals surface area contributed by atoms with E-state index in [-0.39, 0.29) is 16.8 Å². The molecule has 3 heterocycles. The Morgan fingerprint density at radius 2 is 1.47 bits per heavy atom. The molecule has 0 amide bonds. The number of pyridine rings is 2. The molecular weight excluding hydrogens is 500 g/mol. The maximum atomic E-state index is 13.9. The van der Waals surface area contributed by atoms with E-state index in [2.05, 4.69) is 20.9 Å². The van der Waals surface area contributed by atoms with Crippen LogP contribution in [-0.4, -0.2) is 41.3 Å². The predicted octanol–water partition coefficient (Wildman–Crippen LogP) is 5.21. The van der Waals surface area contributed by atoms with Gasteiger partial charge >= 0.3 is 11.9 Å². The molecule has 0 fully saturated rings. The zero-order valence-corrected chi connectivity index (χ0v) is 19.8. The smallest absolute Gasteiger partial charge is 0.341 e. The summed E-state index contributed by atoms with van der Waals surface area (Å²) in [6.07, 6.45) is 1.66. The molecule has 0 aliphatic carbocycles. The summed E-state index contributed by atoms with van der Waals surface area (Å²) < 4.78 is 12.4. The summed E-state index contributed by atoms with van der Waals surface area (Å²) >= 11 is 3.37. The van der Waals surface area contributed by atoms with E-state index < -0.39 is 17.7 Å². The standard InChI is InChI=1S/C26H17BrN2O5/c1-33-25(31)19-18-12-9-15-6-5-14-4-3-13-28-21(14)22(15)29(18)23(20(19)26(32)34-2)24(30)16-7-10-17(27)11-8-16/h3-13H,1-2H3. The molecule has 0 saturated carbocycles. The lowest BCUT2D eigenvalue weighted by molar-refractivity contribution is 0.0556. The summed E-state index contributed by atoms with van der Waals surface area (Å²) in [7, 11) is 2.43. The van der Waals surface area contributed by atoms with Crippen molar-refractivity contribution in [2.75, 3.05) is 14.2 Å². The van der Waals surface area contributed by atoms with Gasteiger partial charge in [-0.1, -0.05) is 40.2 Å². The Morgan fingerprint density at radius 1 is 0.824 bits per heavy atom. The molecule has 0 radical (unpaired) electrons. The molecule has 5 rings (SSSR count). The Morgan fingerprint density at radius 3 is 2.18 bits per heavy atom. The van der Waals surface area contributed by atoms with Crippen LogP contribution in [-0.2, 0) is 9.47 Å². The number of nitrogens with zero attached hydrogens (tertiary/aromatic N) is 2.